The molecule has 0 nitrogen and oxygen atoms in total. The fourth-order valence-corrected chi connectivity index (χ4v) is 3.02. The molecule has 1 rings (SSSR count). The highest BCUT2D eigenvalue weighted by Gasteiger charge is 1.94. The molecule has 54 valence electrons. The zero-order chi connectivity index (χ0) is 7.40. The van der Waals surface area contributed by atoms with Crippen LogP contribution < -0.4 is 0 Å². The summed E-state index contributed by atoms with van der Waals surface area (Å²) >= 11 is 1.96. The maximum Gasteiger partial charge on any atom is 0.0116 e. The van der Waals surface area contributed by atoms with Crippen LogP contribution in [0, 0.1) is 0 Å². The molecule has 0 N–H and O–H groups in total. The first kappa shape index (κ1) is 8.10. The third-order valence-corrected chi connectivity index (χ3v) is 3.61. The van der Waals surface area contributed by atoms with Gasteiger partial charge in [0, 0.05) is 4.90 Å². The Bertz CT molecular complexity index is 184. The molecule has 0 heterocycles. The van der Waals surface area contributed by atoms with Gasteiger partial charge in [0.2, 0.25) is 0 Å². The molecule has 0 bridgehead atoms. The van der Waals surface area contributed by atoms with Crippen molar-refractivity contribution in [1.82, 2.24) is 0 Å². The molecule has 0 aliphatic rings. The van der Waals surface area contributed by atoms with E-state index in [4.69, 9.17) is 0 Å². The highest BCUT2D eigenvalue weighted by Crippen LogP contribution is 2.46. The van der Waals surface area contributed by atoms with Gasteiger partial charge in [0.15, 0.2) is 0 Å². The standard InChI is InChI=1S/C8H11PS/c1-9(2)10-8-6-4-3-5-7-8/h3-7H,1-2H3. The summed E-state index contributed by atoms with van der Waals surface area (Å²) in [6.45, 7) is 4.54. The Kier molecular flexibility index (Phi) is 3.24. The van der Waals surface area contributed by atoms with Crippen molar-refractivity contribution in [1.29, 1.82) is 0 Å². The van der Waals surface area contributed by atoms with Crippen molar-refractivity contribution in [3.05, 3.63) is 30.3 Å². The normalized spacial score (nSPS) is 10.3. The van der Waals surface area contributed by atoms with Gasteiger partial charge in [0.25, 0.3) is 0 Å². The summed E-state index contributed by atoms with van der Waals surface area (Å²) in [4.78, 5) is 1.39. The van der Waals surface area contributed by atoms with Crippen LogP contribution >= 0.6 is 18.5 Å². The fourth-order valence-electron chi connectivity index (χ4n) is 0.692. The van der Waals surface area contributed by atoms with Gasteiger partial charge in [-0.25, -0.2) is 0 Å². The zero-order valence-corrected chi connectivity index (χ0v) is 7.95. The van der Waals surface area contributed by atoms with E-state index < -0.39 is 0 Å². The van der Waals surface area contributed by atoms with Crippen LogP contribution in [-0.4, -0.2) is 13.3 Å². The Morgan fingerprint density at radius 3 is 2.20 bits per heavy atom. The Balaban J connectivity index is 2.59. The van der Waals surface area contributed by atoms with E-state index in [1.807, 2.05) is 11.4 Å². The number of benzene rings is 1. The second kappa shape index (κ2) is 4.00. The van der Waals surface area contributed by atoms with Crippen molar-refractivity contribution >= 4 is 18.5 Å². The molecule has 0 amide bonds. The Morgan fingerprint density at radius 1 is 1.10 bits per heavy atom. The third kappa shape index (κ3) is 2.72. The molecule has 0 saturated heterocycles. The van der Waals surface area contributed by atoms with Crippen molar-refractivity contribution in [3.8, 4) is 0 Å². The highest BCUT2D eigenvalue weighted by molar-refractivity contribution is 8.55. The molecule has 0 unspecified atom stereocenters. The molecule has 0 spiro atoms. The minimum atomic E-state index is 0.140. The smallest absolute Gasteiger partial charge is 0.0116 e. The third-order valence-electron chi connectivity index (χ3n) is 1.03. The Morgan fingerprint density at radius 2 is 1.70 bits per heavy atom. The van der Waals surface area contributed by atoms with Crippen molar-refractivity contribution < 1.29 is 0 Å². The summed E-state index contributed by atoms with van der Waals surface area (Å²) in [5, 5.41) is 0. The number of hydrogen-bond acceptors (Lipinski definition) is 1. The van der Waals surface area contributed by atoms with Crippen LogP contribution in [0.4, 0.5) is 0 Å². The molecule has 0 saturated carbocycles. The maximum atomic E-state index is 2.27. The first-order valence-corrected chi connectivity index (χ1v) is 6.85. The summed E-state index contributed by atoms with van der Waals surface area (Å²) in [5.74, 6) is 0. The van der Waals surface area contributed by atoms with Crippen molar-refractivity contribution in [2.75, 3.05) is 13.3 Å². The largest absolute Gasteiger partial charge is 0.0992 e. The van der Waals surface area contributed by atoms with Gasteiger partial charge in [-0.3, -0.25) is 0 Å². The molecular formula is C8H11PS. The van der Waals surface area contributed by atoms with Gasteiger partial charge >= 0.3 is 0 Å². The van der Waals surface area contributed by atoms with Crippen LogP contribution in [0.25, 0.3) is 0 Å². The predicted molar refractivity (Wildman–Crippen MR) is 51.1 cm³/mol. The van der Waals surface area contributed by atoms with Gasteiger partial charge in [0.05, 0.1) is 0 Å². The van der Waals surface area contributed by atoms with Crippen LogP contribution in [0.5, 0.6) is 0 Å². The average Bonchev–Trinajstić information content (AvgIpc) is 1.88. The lowest BCUT2D eigenvalue weighted by Crippen LogP contribution is -1.65. The molecular weight excluding hydrogens is 159 g/mol. The lowest BCUT2D eigenvalue weighted by atomic mass is 10.4. The van der Waals surface area contributed by atoms with E-state index in [9.17, 15) is 0 Å². The van der Waals surface area contributed by atoms with Gasteiger partial charge < -0.3 is 0 Å². The first-order valence-electron chi connectivity index (χ1n) is 3.19. The summed E-state index contributed by atoms with van der Waals surface area (Å²) < 4.78 is 0. The van der Waals surface area contributed by atoms with Crippen molar-refractivity contribution in [3.63, 3.8) is 0 Å². The summed E-state index contributed by atoms with van der Waals surface area (Å²) in [6, 6.07) is 10.5. The molecule has 1 aromatic rings. The van der Waals surface area contributed by atoms with Crippen LogP contribution in [-0.2, 0) is 0 Å². The second-order valence-electron chi connectivity index (χ2n) is 2.22. The fraction of sp³-hybridized carbons (Fsp3) is 0.250. The molecule has 0 aliphatic carbocycles. The lowest BCUT2D eigenvalue weighted by molar-refractivity contribution is 1.48. The molecule has 1 aromatic carbocycles. The van der Waals surface area contributed by atoms with E-state index >= 15 is 0 Å². The van der Waals surface area contributed by atoms with E-state index in [0.29, 0.717) is 0 Å². The van der Waals surface area contributed by atoms with E-state index in [-0.39, 0.29) is 7.12 Å². The van der Waals surface area contributed by atoms with Gasteiger partial charge in [0.1, 0.15) is 0 Å². The summed E-state index contributed by atoms with van der Waals surface area (Å²) in [6.07, 6.45) is 0. The Labute approximate surface area is 67.5 Å². The molecule has 0 radical (unpaired) electrons. The Hall–Kier alpha value is 0. The summed E-state index contributed by atoms with van der Waals surface area (Å²) in [7, 11) is 0.140. The zero-order valence-electron chi connectivity index (χ0n) is 6.24. The van der Waals surface area contributed by atoms with Crippen LogP contribution in [0.1, 0.15) is 0 Å². The second-order valence-corrected chi connectivity index (χ2v) is 7.23. The van der Waals surface area contributed by atoms with E-state index in [1.54, 1.807) is 0 Å². The molecule has 0 fully saturated rings. The quantitative estimate of drug-likeness (QED) is 0.613. The maximum absolute atomic E-state index is 2.27. The van der Waals surface area contributed by atoms with E-state index in [1.165, 1.54) is 4.90 Å². The number of hydrogen-bond donors (Lipinski definition) is 0. The van der Waals surface area contributed by atoms with Crippen molar-refractivity contribution in [2.24, 2.45) is 0 Å². The average molecular weight is 170 g/mol. The monoisotopic (exact) mass is 170 g/mol. The van der Waals surface area contributed by atoms with Crippen LogP contribution in [0.2, 0.25) is 0 Å². The first-order chi connectivity index (χ1) is 4.79. The SMILES string of the molecule is CP(C)Sc1ccccc1. The van der Waals surface area contributed by atoms with E-state index in [2.05, 4.69) is 43.7 Å². The molecule has 2 heteroatoms. The van der Waals surface area contributed by atoms with Gasteiger partial charge in [-0.1, -0.05) is 29.6 Å². The number of rotatable bonds is 2. The van der Waals surface area contributed by atoms with Crippen LogP contribution in [0.15, 0.2) is 35.2 Å². The predicted octanol–water partition coefficient (Wildman–Crippen LogP) is 3.44. The van der Waals surface area contributed by atoms with E-state index in [0.717, 1.165) is 0 Å². The van der Waals surface area contributed by atoms with Crippen molar-refractivity contribution in [2.45, 2.75) is 4.90 Å². The molecule has 0 atom stereocenters. The topological polar surface area (TPSA) is 0 Å². The lowest BCUT2D eigenvalue weighted by Gasteiger charge is -2.02. The minimum absolute atomic E-state index is 0.140. The molecule has 0 aromatic heterocycles. The molecule has 0 aliphatic heterocycles. The summed E-state index contributed by atoms with van der Waals surface area (Å²) in [5.41, 5.74) is 0. The minimum Gasteiger partial charge on any atom is -0.0992 e. The van der Waals surface area contributed by atoms with Gasteiger partial charge in [-0.15, -0.1) is 0 Å². The highest BCUT2D eigenvalue weighted by atomic mass is 32.7. The van der Waals surface area contributed by atoms with Gasteiger partial charge in [-0.05, 0) is 32.6 Å². The van der Waals surface area contributed by atoms with Gasteiger partial charge in [-0.2, -0.15) is 0 Å². The molecule has 10 heavy (non-hydrogen) atoms. The van der Waals surface area contributed by atoms with Crippen LogP contribution in [0.3, 0.4) is 0 Å².